The van der Waals surface area contributed by atoms with E-state index in [0.717, 1.165) is 0 Å². The van der Waals surface area contributed by atoms with E-state index in [4.69, 9.17) is 11.6 Å². The monoisotopic (exact) mass is 463 g/mol. The molecule has 1 atom stereocenters. The zero-order valence-corrected chi connectivity index (χ0v) is 18.6. The van der Waals surface area contributed by atoms with E-state index in [-0.39, 0.29) is 17.5 Å². The average Bonchev–Trinajstić information content (AvgIpc) is 2.81. The molecular weight excluding hydrogens is 442 g/mol. The number of anilines is 1. The lowest BCUT2D eigenvalue weighted by molar-refractivity contribution is -0.131. The van der Waals surface area contributed by atoms with Gasteiger partial charge in [0, 0.05) is 28.5 Å². The van der Waals surface area contributed by atoms with E-state index in [0.29, 0.717) is 40.5 Å². The van der Waals surface area contributed by atoms with Crippen LogP contribution in [0.3, 0.4) is 0 Å². The number of nitrogens with one attached hydrogen (secondary N) is 3. The van der Waals surface area contributed by atoms with Crippen LogP contribution in [0.4, 0.5) is 5.69 Å². The first-order chi connectivity index (χ1) is 16.0. The van der Waals surface area contributed by atoms with Gasteiger partial charge in [-0.05, 0) is 38.0 Å². The summed E-state index contributed by atoms with van der Waals surface area (Å²) in [6.07, 6.45) is 3.81. The number of amides is 3. The summed E-state index contributed by atoms with van der Waals surface area (Å²) in [5.74, 6) is -1.06. The van der Waals surface area contributed by atoms with Gasteiger partial charge in [-0.2, -0.15) is 5.10 Å². The number of para-hydroxylation sites is 1. The third-order valence-corrected chi connectivity index (χ3v) is 5.75. The molecule has 0 spiro atoms. The van der Waals surface area contributed by atoms with Crippen molar-refractivity contribution < 1.29 is 14.4 Å². The molecule has 2 aliphatic rings. The Labute approximate surface area is 196 Å². The zero-order valence-electron chi connectivity index (χ0n) is 17.8. The number of fused-ring (bicyclic) bond motifs is 1. The van der Waals surface area contributed by atoms with E-state index in [2.05, 4.69) is 21.2 Å². The molecular formula is C24H22ClN5O3. The molecule has 0 radical (unpaired) electrons. The maximum atomic E-state index is 13.1. The third-order valence-electron chi connectivity index (χ3n) is 5.41. The molecule has 9 heteroatoms. The molecule has 2 aromatic carbocycles. The fraction of sp³-hybridized carbons (Fsp3) is 0.167. The Morgan fingerprint density at radius 3 is 2.61 bits per heavy atom. The molecule has 4 rings (SSSR count). The summed E-state index contributed by atoms with van der Waals surface area (Å²) in [4.78, 5) is 40.1. The first-order valence-corrected chi connectivity index (χ1v) is 10.8. The second-order valence-corrected chi connectivity index (χ2v) is 8.04. The van der Waals surface area contributed by atoms with E-state index >= 15 is 0 Å². The molecule has 1 unspecified atom stereocenters. The number of halogens is 1. The number of nitrogens with zero attached hydrogens (tertiary/aromatic N) is 2. The highest BCUT2D eigenvalue weighted by Gasteiger charge is 2.38. The summed E-state index contributed by atoms with van der Waals surface area (Å²) in [5.41, 5.74) is 4.00. The molecule has 3 N–H and O–H groups in total. The SMILES string of the molecule is CC1CCC(C(=O)Nc2ccccc2)=C2NC=C(C(=O)N/N=C/c3ccccc3Cl)C(=O)N21. The average molecular weight is 464 g/mol. The molecule has 3 amide bonds. The Morgan fingerprint density at radius 2 is 1.85 bits per heavy atom. The normalized spacial score (nSPS) is 17.9. The lowest BCUT2D eigenvalue weighted by Gasteiger charge is -2.39. The van der Waals surface area contributed by atoms with E-state index < -0.39 is 11.8 Å². The number of rotatable bonds is 5. The maximum Gasteiger partial charge on any atom is 0.278 e. The van der Waals surface area contributed by atoms with Crippen LogP contribution in [0.2, 0.25) is 5.02 Å². The van der Waals surface area contributed by atoms with E-state index in [1.165, 1.54) is 17.3 Å². The highest BCUT2D eigenvalue weighted by molar-refractivity contribution is 6.33. The summed E-state index contributed by atoms with van der Waals surface area (Å²) in [6.45, 7) is 1.88. The number of hydrogen-bond acceptors (Lipinski definition) is 5. The molecule has 8 nitrogen and oxygen atoms in total. The van der Waals surface area contributed by atoms with Crippen LogP contribution < -0.4 is 16.1 Å². The second-order valence-electron chi connectivity index (χ2n) is 7.63. The van der Waals surface area contributed by atoms with Gasteiger partial charge in [0.25, 0.3) is 17.7 Å². The first kappa shape index (κ1) is 22.3. The fourth-order valence-corrected chi connectivity index (χ4v) is 3.85. The third kappa shape index (κ3) is 4.80. The smallest absolute Gasteiger partial charge is 0.278 e. The first-order valence-electron chi connectivity index (χ1n) is 10.4. The minimum Gasteiger partial charge on any atom is -0.347 e. The molecule has 2 aliphatic heterocycles. The molecule has 0 fully saturated rings. The molecule has 0 aliphatic carbocycles. The van der Waals surface area contributed by atoms with Crippen LogP contribution in [0.15, 0.2) is 82.9 Å². The summed E-state index contributed by atoms with van der Waals surface area (Å²) >= 11 is 6.07. The highest BCUT2D eigenvalue weighted by atomic mass is 35.5. The van der Waals surface area contributed by atoms with E-state index in [9.17, 15) is 14.4 Å². The lowest BCUT2D eigenvalue weighted by atomic mass is 9.96. The molecule has 0 saturated carbocycles. The van der Waals surface area contributed by atoms with Gasteiger partial charge in [-0.25, -0.2) is 5.43 Å². The highest BCUT2D eigenvalue weighted by Crippen LogP contribution is 2.30. The van der Waals surface area contributed by atoms with Crippen molar-refractivity contribution in [1.29, 1.82) is 0 Å². The van der Waals surface area contributed by atoms with Crippen LogP contribution in [0, 0.1) is 0 Å². The number of carbonyl (C=O) groups is 3. The predicted molar refractivity (Wildman–Crippen MR) is 126 cm³/mol. The Bertz CT molecular complexity index is 1190. The van der Waals surface area contributed by atoms with Crippen molar-refractivity contribution in [3.8, 4) is 0 Å². The molecule has 0 saturated heterocycles. The summed E-state index contributed by atoms with van der Waals surface area (Å²) in [6, 6.07) is 15.9. The largest absolute Gasteiger partial charge is 0.347 e. The maximum absolute atomic E-state index is 13.1. The number of benzene rings is 2. The van der Waals surface area contributed by atoms with Gasteiger partial charge in [0.05, 0.1) is 11.8 Å². The van der Waals surface area contributed by atoms with Gasteiger partial charge in [0.15, 0.2) is 0 Å². The number of hydrogen-bond donors (Lipinski definition) is 3. The van der Waals surface area contributed by atoms with Crippen molar-refractivity contribution in [3.63, 3.8) is 0 Å². The van der Waals surface area contributed by atoms with E-state index in [1.54, 1.807) is 36.4 Å². The van der Waals surface area contributed by atoms with Gasteiger partial charge in [-0.3, -0.25) is 19.3 Å². The standard InChI is InChI=1S/C24H22ClN5O3/c1-15-11-12-18(22(31)28-17-8-3-2-4-9-17)21-26-14-19(24(33)30(15)21)23(32)29-27-13-16-7-5-6-10-20(16)25/h2-10,13-15,26H,11-12H2,1H3,(H,28,31)(H,29,32)/b27-13+. The predicted octanol–water partition coefficient (Wildman–Crippen LogP) is 3.14. The van der Waals surface area contributed by atoms with Crippen LogP contribution in [-0.2, 0) is 14.4 Å². The minimum absolute atomic E-state index is 0.105. The molecule has 33 heavy (non-hydrogen) atoms. The van der Waals surface area contributed by atoms with Crippen LogP contribution in [0.5, 0.6) is 0 Å². The van der Waals surface area contributed by atoms with Crippen molar-refractivity contribution in [2.24, 2.45) is 5.10 Å². The van der Waals surface area contributed by atoms with Crippen molar-refractivity contribution in [2.45, 2.75) is 25.8 Å². The Hall–Kier alpha value is -3.91. The van der Waals surface area contributed by atoms with Gasteiger partial charge in [-0.15, -0.1) is 0 Å². The van der Waals surface area contributed by atoms with Gasteiger partial charge >= 0.3 is 0 Å². The fourth-order valence-electron chi connectivity index (χ4n) is 3.67. The molecule has 2 aromatic rings. The lowest BCUT2D eigenvalue weighted by Crippen LogP contribution is -2.51. The van der Waals surface area contributed by atoms with Gasteiger partial charge in [-0.1, -0.05) is 48.0 Å². The Kier molecular flexibility index (Phi) is 6.55. The Morgan fingerprint density at radius 1 is 1.12 bits per heavy atom. The molecule has 0 bridgehead atoms. The van der Waals surface area contributed by atoms with Crippen LogP contribution in [0.25, 0.3) is 0 Å². The molecule has 168 valence electrons. The van der Waals surface area contributed by atoms with Gasteiger partial charge < -0.3 is 10.6 Å². The van der Waals surface area contributed by atoms with Crippen LogP contribution in [-0.4, -0.2) is 34.9 Å². The number of hydrazone groups is 1. The minimum atomic E-state index is -0.664. The van der Waals surface area contributed by atoms with Gasteiger partial charge in [0.1, 0.15) is 11.4 Å². The van der Waals surface area contributed by atoms with Crippen molar-refractivity contribution in [3.05, 3.63) is 88.4 Å². The number of carbonyl (C=O) groups excluding carboxylic acids is 3. The molecule has 2 heterocycles. The summed E-state index contributed by atoms with van der Waals surface area (Å²) < 4.78 is 0. The molecule has 0 aromatic heterocycles. The van der Waals surface area contributed by atoms with Crippen LogP contribution in [0.1, 0.15) is 25.3 Å². The van der Waals surface area contributed by atoms with Gasteiger partial charge in [0.2, 0.25) is 0 Å². The summed E-state index contributed by atoms with van der Waals surface area (Å²) in [5, 5.41) is 10.2. The van der Waals surface area contributed by atoms with Crippen molar-refractivity contribution in [1.82, 2.24) is 15.6 Å². The summed E-state index contributed by atoms with van der Waals surface area (Å²) in [7, 11) is 0. The van der Waals surface area contributed by atoms with E-state index in [1.807, 2.05) is 25.1 Å². The zero-order chi connectivity index (χ0) is 23.4. The quantitative estimate of drug-likeness (QED) is 0.360. The Balaban J connectivity index is 1.52. The van der Waals surface area contributed by atoms with Crippen LogP contribution >= 0.6 is 11.6 Å². The van der Waals surface area contributed by atoms with Crippen molar-refractivity contribution in [2.75, 3.05) is 5.32 Å². The van der Waals surface area contributed by atoms with Crippen molar-refractivity contribution >= 4 is 41.2 Å². The second kappa shape index (κ2) is 9.70. The topological polar surface area (TPSA) is 103 Å².